The van der Waals surface area contributed by atoms with Gasteiger partial charge in [-0.2, -0.15) is 0 Å². The lowest BCUT2D eigenvalue weighted by atomic mass is 10.2. The molecule has 4 nitrogen and oxygen atoms in total. The Hall–Kier alpha value is -1.07. The molecular weight excluding hydrogens is 298 g/mol. The smallest absolute Gasteiger partial charge is 0.255 e. The van der Waals surface area contributed by atoms with Crippen LogP contribution in [0.25, 0.3) is 0 Å². The van der Waals surface area contributed by atoms with E-state index in [0.29, 0.717) is 24.3 Å². The van der Waals surface area contributed by atoms with Crippen molar-refractivity contribution in [1.82, 2.24) is 5.32 Å². The van der Waals surface area contributed by atoms with Crippen molar-refractivity contribution >= 4 is 21.8 Å². The number of nitrogens with one attached hydrogen (secondary N) is 1. The van der Waals surface area contributed by atoms with E-state index in [2.05, 4.69) is 21.2 Å². The molecule has 1 aromatic carbocycles. The minimum Gasteiger partial charge on any atom is -0.490 e. The van der Waals surface area contributed by atoms with Gasteiger partial charge in [-0.15, -0.1) is 0 Å². The van der Waals surface area contributed by atoms with Crippen molar-refractivity contribution < 1.29 is 14.6 Å². The molecule has 1 amide bonds. The Morgan fingerprint density at radius 3 is 2.83 bits per heavy atom. The van der Waals surface area contributed by atoms with Gasteiger partial charge in [0.1, 0.15) is 5.75 Å². The molecule has 0 aromatic heterocycles. The molecule has 0 aliphatic carbocycles. The third kappa shape index (κ3) is 4.66. The summed E-state index contributed by atoms with van der Waals surface area (Å²) in [6.45, 7) is 4.34. The summed E-state index contributed by atoms with van der Waals surface area (Å²) < 4.78 is 6.48. The number of halogens is 1. The van der Waals surface area contributed by atoms with Crippen LogP contribution in [-0.2, 0) is 0 Å². The van der Waals surface area contributed by atoms with E-state index in [-0.39, 0.29) is 18.6 Å². The van der Waals surface area contributed by atoms with Gasteiger partial charge in [-0.05, 0) is 38.5 Å². The van der Waals surface area contributed by atoms with Crippen molar-refractivity contribution in [1.29, 1.82) is 0 Å². The first-order valence-corrected chi connectivity index (χ1v) is 6.69. The van der Waals surface area contributed by atoms with Crippen LogP contribution in [0.4, 0.5) is 0 Å². The second kappa shape index (κ2) is 7.38. The lowest BCUT2D eigenvalue weighted by molar-refractivity contribution is 0.0945. The molecule has 0 aliphatic rings. The molecule has 100 valence electrons. The minimum absolute atomic E-state index is 0.00305. The molecular formula is C13H18BrNO3. The molecule has 0 aliphatic heterocycles. The molecule has 18 heavy (non-hydrogen) atoms. The fraction of sp³-hybridized carbons (Fsp3) is 0.462. The van der Waals surface area contributed by atoms with Gasteiger partial charge in [-0.1, -0.05) is 15.9 Å². The number of carbonyl (C=O) groups excluding carboxylic acids is 1. The maximum absolute atomic E-state index is 11.9. The lowest BCUT2D eigenvalue weighted by Crippen LogP contribution is -2.26. The first kappa shape index (κ1) is 15.0. The van der Waals surface area contributed by atoms with Gasteiger partial charge >= 0.3 is 0 Å². The second-order valence-electron chi connectivity index (χ2n) is 4.14. The van der Waals surface area contributed by atoms with Crippen LogP contribution in [0.1, 0.15) is 30.6 Å². The Morgan fingerprint density at radius 1 is 1.50 bits per heavy atom. The molecule has 0 fully saturated rings. The highest BCUT2D eigenvalue weighted by Crippen LogP contribution is 2.24. The summed E-state index contributed by atoms with van der Waals surface area (Å²) in [4.78, 5) is 11.9. The Balaban J connectivity index is 2.82. The van der Waals surface area contributed by atoms with E-state index < -0.39 is 0 Å². The highest BCUT2D eigenvalue weighted by Gasteiger charge is 2.13. The molecule has 5 heteroatoms. The normalized spacial score (nSPS) is 10.5. The number of carbonyl (C=O) groups is 1. The predicted molar refractivity (Wildman–Crippen MR) is 73.9 cm³/mol. The standard InChI is InChI=1S/C13H18BrNO3/c1-9(2)18-12-8-10(14)4-5-11(12)13(17)15-6-3-7-16/h4-5,8-9,16H,3,6-7H2,1-2H3,(H,15,17). The van der Waals surface area contributed by atoms with E-state index in [1.54, 1.807) is 18.2 Å². The van der Waals surface area contributed by atoms with Crippen LogP contribution in [-0.4, -0.2) is 30.3 Å². The Morgan fingerprint density at radius 2 is 2.22 bits per heavy atom. The zero-order valence-corrected chi connectivity index (χ0v) is 12.2. The Bertz CT molecular complexity index is 407. The van der Waals surface area contributed by atoms with Crippen LogP contribution in [0.3, 0.4) is 0 Å². The van der Waals surface area contributed by atoms with E-state index in [1.165, 1.54) is 0 Å². The summed E-state index contributed by atoms with van der Waals surface area (Å²) in [5.74, 6) is 0.368. The molecule has 0 bridgehead atoms. The lowest BCUT2D eigenvalue weighted by Gasteiger charge is -2.14. The molecule has 0 atom stereocenters. The fourth-order valence-electron chi connectivity index (χ4n) is 1.41. The first-order chi connectivity index (χ1) is 8.54. The van der Waals surface area contributed by atoms with E-state index in [1.807, 2.05) is 13.8 Å². The Kier molecular flexibility index (Phi) is 6.15. The number of aliphatic hydroxyl groups excluding tert-OH is 1. The average molecular weight is 316 g/mol. The first-order valence-electron chi connectivity index (χ1n) is 5.90. The van der Waals surface area contributed by atoms with Gasteiger partial charge in [-0.25, -0.2) is 0 Å². The molecule has 0 unspecified atom stereocenters. The van der Waals surface area contributed by atoms with Crippen LogP contribution in [0.15, 0.2) is 22.7 Å². The van der Waals surface area contributed by atoms with Crippen molar-refractivity contribution in [3.8, 4) is 5.75 Å². The third-order valence-corrected chi connectivity index (χ3v) is 2.66. The van der Waals surface area contributed by atoms with E-state index >= 15 is 0 Å². The van der Waals surface area contributed by atoms with E-state index in [0.717, 1.165) is 4.47 Å². The summed E-state index contributed by atoms with van der Waals surface area (Å²) >= 11 is 3.35. The topological polar surface area (TPSA) is 58.6 Å². The fourth-order valence-corrected chi connectivity index (χ4v) is 1.75. The average Bonchev–Trinajstić information content (AvgIpc) is 2.28. The molecule has 2 N–H and O–H groups in total. The van der Waals surface area contributed by atoms with Crippen molar-refractivity contribution in [3.05, 3.63) is 28.2 Å². The molecule has 1 rings (SSSR count). The van der Waals surface area contributed by atoms with Crippen molar-refractivity contribution in [2.75, 3.05) is 13.2 Å². The van der Waals surface area contributed by atoms with Gasteiger partial charge in [0.25, 0.3) is 5.91 Å². The highest BCUT2D eigenvalue weighted by molar-refractivity contribution is 9.10. The molecule has 0 saturated heterocycles. The van der Waals surface area contributed by atoms with Crippen LogP contribution >= 0.6 is 15.9 Å². The number of benzene rings is 1. The number of amides is 1. The quantitative estimate of drug-likeness (QED) is 0.792. The highest BCUT2D eigenvalue weighted by atomic mass is 79.9. The summed E-state index contributed by atoms with van der Waals surface area (Å²) in [6.07, 6.45) is 0.547. The molecule has 1 aromatic rings. The van der Waals surface area contributed by atoms with Gasteiger partial charge in [0, 0.05) is 17.6 Å². The number of hydrogen-bond donors (Lipinski definition) is 2. The summed E-state index contributed by atoms with van der Waals surface area (Å²) in [7, 11) is 0. The van der Waals surface area contributed by atoms with E-state index in [4.69, 9.17) is 9.84 Å². The molecule has 0 saturated carbocycles. The van der Waals surface area contributed by atoms with Crippen molar-refractivity contribution in [2.45, 2.75) is 26.4 Å². The second-order valence-corrected chi connectivity index (χ2v) is 5.06. The van der Waals surface area contributed by atoms with Gasteiger partial charge in [0.15, 0.2) is 0 Å². The SMILES string of the molecule is CC(C)Oc1cc(Br)ccc1C(=O)NCCCO. The van der Waals surface area contributed by atoms with Crippen LogP contribution in [0.2, 0.25) is 0 Å². The van der Waals surface area contributed by atoms with Gasteiger partial charge in [-0.3, -0.25) is 4.79 Å². The van der Waals surface area contributed by atoms with E-state index in [9.17, 15) is 4.79 Å². The zero-order chi connectivity index (χ0) is 13.5. The van der Waals surface area contributed by atoms with Gasteiger partial charge < -0.3 is 15.2 Å². The van der Waals surface area contributed by atoms with Crippen LogP contribution in [0, 0.1) is 0 Å². The minimum atomic E-state index is -0.188. The summed E-state index contributed by atoms with van der Waals surface area (Å²) in [5.41, 5.74) is 0.504. The number of hydrogen-bond acceptors (Lipinski definition) is 3. The van der Waals surface area contributed by atoms with Crippen molar-refractivity contribution in [2.24, 2.45) is 0 Å². The predicted octanol–water partition coefficient (Wildman–Crippen LogP) is 2.35. The van der Waals surface area contributed by atoms with Crippen molar-refractivity contribution in [3.63, 3.8) is 0 Å². The largest absolute Gasteiger partial charge is 0.490 e. The van der Waals surface area contributed by atoms with Crippen LogP contribution in [0.5, 0.6) is 5.75 Å². The third-order valence-electron chi connectivity index (χ3n) is 2.17. The maximum Gasteiger partial charge on any atom is 0.255 e. The number of aliphatic hydroxyl groups is 1. The monoisotopic (exact) mass is 315 g/mol. The molecule has 0 spiro atoms. The molecule has 0 radical (unpaired) electrons. The zero-order valence-electron chi connectivity index (χ0n) is 10.6. The number of rotatable bonds is 6. The molecule has 0 heterocycles. The maximum atomic E-state index is 11.9. The summed E-state index contributed by atoms with van der Waals surface area (Å²) in [6, 6.07) is 5.30. The Labute approximate surface area is 115 Å². The van der Waals surface area contributed by atoms with Gasteiger partial charge in [0.05, 0.1) is 11.7 Å². The van der Waals surface area contributed by atoms with Gasteiger partial charge in [0.2, 0.25) is 0 Å². The van der Waals surface area contributed by atoms with Crippen LogP contribution < -0.4 is 10.1 Å². The number of ether oxygens (including phenoxy) is 1. The summed E-state index contributed by atoms with van der Waals surface area (Å²) in [5, 5.41) is 11.4.